The number of para-hydroxylation sites is 1. The van der Waals surface area contributed by atoms with E-state index in [0.717, 1.165) is 50.0 Å². The molecule has 0 radical (unpaired) electrons. The Morgan fingerprint density at radius 3 is 2.32 bits per heavy atom. The molecule has 5 nitrogen and oxygen atoms in total. The molecule has 1 saturated heterocycles. The second-order valence-electron chi connectivity index (χ2n) is 6.38. The minimum absolute atomic E-state index is 0.0903. The maximum atomic E-state index is 12.7. The fraction of sp³-hybridized carbons (Fsp3) is 0.350. The lowest BCUT2D eigenvalue weighted by Gasteiger charge is -2.19. The van der Waals surface area contributed by atoms with Crippen LogP contribution in [0.5, 0.6) is 0 Å². The van der Waals surface area contributed by atoms with Gasteiger partial charge in [0.25, 0.3) is 11.8 Å². The average molecular weight is 337 g/mol. The number of nitrogens with one attached hydrogen (secondary N) is 1. The molecule has 1 aliphatic heterocycles. The van der Waals surface area contributed by atoms with E-state index in [0.29, 0.717) is 5.69 Å². The molecule has 1 fully saturated rings. The molecule has 1 aromatic heterocycles. The first-order chi connectivity index (χ1) is 12.1. The number of benzene rings is 1. The van der Waals surface area contributed by atoms with Crippen molar-refractivity contribution < 1.29 is 9.59 Å². The van der Waals surface area contributed by atoms with Crippen LogP contribution in [0.15, 0.2) is 42.5 Å². The first kappa shape index (κ1) is 17.1. The molecule has 2 heterocycles. The predicted octanol–water partition coefficient (Wildman–Crippen LogP) is 3.66. The summed E-state index contributed by atoms with van der Waals surface area (Å²) in [6.07, 6.45) is 4.38. The van der Waals surface area contributed by atoms with Crippen LogP contribution >= 0.6 is 0 Å². The number of hydrogen-bond acceptors (Lipinski definition) is 3. The van der Waals surface area contributed by atoms with E-state index in [1.807, 2.05) is 36.1 Å². The maximum absolute atomic E-state index is 12.7. The van der Waals surface area contributed by atoms with Crippen molar-refractivity contribution in [3.8, 4) is 0 Å². The fourth-order valence-electron chi connectivity index (χ4n) is 3.02. The second kappa shape index (κ2) is 7.92. The van der Waals surface area contributed by atoms with Crippen molar-refractivity contribution in [2.45, 2.75) is 32.6 Å². The number of carbonyl (C=O) groups excluding carboxylic acids is 2. The molecule has 3 rings (SSSR count). The zero-order valence-electron chi connectivity index (χ0n) is 14.5. The topological polar surface area (TPSA) is 62.3 Å². The highest BCUT2D eigenvalue weighted by Gasteiger charge is 2.19. The normalized spacial score (nSPS) is 14.7. The van der Waals surface area contributed by atoms with E-state index >= 15 is 0 Å². The molecule has 2 aromatic rings. The molecule has 25 heavy (non-hydrogen) atoms. The first-order valence-corrected chi connectivity index (χ1v) is 8.78. The molecular weight excluding hydrogens is 314 g/mol. The molecule has 1 aliphatic rings. The van der Waals surface area contributed by atoms with Crippen molar-refractivity contribution >= 4 is 17.5 Å². The minimum atomic E-state index is -0.306. The van der Waals surface area contributed by atoms with Crippen LogP contribution in [-0.2, 0) is 0 Å². The van der Waals surface area contributed by atoms with Gasteiger partial charge in [0.05, 0.1) is 0 Å². The maximum Gasteiger partial charge on any atom is 0.274 e. The number of likely N-dealkylation sites (tertiary alicyclic amines) is 1. The van der Waals surface area contributed by atoms with Gasteiger partial charge in [0.2, 0.25) is 0 Å². The summed E-state index contributed by atoms with van der Waals surface area (Å²) in [7, 11) is 0. The van der Waals surface area contributed by atoms with Crippen LogP contribution < -0.4 is 5.32 Å². The summed E-state index contributed by atoms with van der Waals surface area (Å²) in [5.74, 6) is -0.396. The van der Waals surface area contributed by atoms with Crippen LogP contribution in [0.4, 0.5) is 5.69 Å². The van der Waals surface area contributed by atoms with E-state index in [9.17, 15) is 9.59 Å². The SMILES string of the molecule is Cc1ccccc1NC(=O)c1cccc(C(=O)N2CCCCCC2)n1. The van der Waals surface area contributed by atoms with Crippen LogP contribution in [0.3, 0.4) is 0 Å². The third-order valence-electron chi connectivity index (χ3n) is 4.49. The lowest BCUT2D eigenvalue weighted by molar-refractivity contribution is 0.0755. The van der Waals surface area contributed by atoms with E-state index in [1.54, 1.807) is 18.2 Å². The van der Waals surface area contributed by atoms with Gasteiger partial charge in [-0.1, -0.05) is 37.1 Å². The molecule has 1 N–H and O–H groups in total. The van der Waals surface area contributed by atoms with Gasteiger partial charge in [0.15, 0.2) is 0 Å². The van der Waals surface area contributed by atoms with Crippen molar-refractivity contribution in [3.63, 3.8) is 0 Å². The van der Waals surface area contributed by atoms with Crippen LogP contribution in [-0.4, -0.2) is 34.8 Å². The van der Waals surface area contributed by atoms with E-state index < -0.39 is 0 Å². The van der Waals surface area contributed by atoms with Crippen LogP contribution in [0.25, 0.3) is 0 Å². The number of nitrogens with zero attached hydrogens (tertiary/aromatic N) is 2. The van der Waals surface area contributed by atoms with Crippen molar-refractivity contribution in [2.75, 3.05) is 18.4 Å². The Bertz CT molecular complexity index is 765. The largest absolute Gasteiger partial charge is 0.337 e. The number of aryl methyl sites for hydroxylation is 1. The van der Waals surface area contributed by atoms with Gasteiger partial charge in [-0.05, 0) is 43.5 Å². The molecule has 0 spiro atoms. The number of hydrogen-bond donors (Lipinski definition) is 1. The monoisotopic (exact) mass is 337 g/mol. The highest BCUT2D eigenvalue weighted by Crippen LogP contribution is 2.15. The Kier molecular flexibility index (Phi) is 5.43. The average Bonchev–Trinajstić information content (AvgIpc) is 2.92. The molecule has 0 unspecified atom stereocenters. The number of aromatic nitrogens is 1. The Balaban J connectivity index is 1.75. The Morgan fingerprint density at radius 1 is 0.920 bits per heavy atom. The number of amides is 2. The number of pyridine rings is 1. The summed E-state index contributed by atoms with van der Waals surface area (Å²) < 4.78 is 0. The number of carbonyl (C=O) groups is 2. The highest BCUT2D eigenvalue weighted by molar-refractivity contribution is 6.04. The van der Waals surface area contributed by atoms with Gasteiger partial charge in [-0.15, -0.1) is 0 Å². The van der Waals surface area contributed by atoms with Crippen molar-refractivity contribution in [1.82, 2.24) is 9.88 Å². The first-order valence-electron chi connectivity index (χ1n) is 8.78. The van der Waals surface area contributed by atoms with E-state index in [1.165, 1.54) is 0 Å². The standard InChI is InChI=1S/C20H23N3O2/c1-15-9-4-5-10-16(15)22-19(24)17-11-8-12-18(21-17)20(25)23-13-6-2-3-7-14-23/h4-5,8-12H,2-3,6-7,13-14H2,1H3,(H,22,24). The van der Waals surface area contributed by atoms with Gasteiger partial charge in [0.1, 0.15) is 11.4 Å². The predicted molar refractivity (Wildman–Crippen MR) is 97.7 cm³/mol. The van der Waals surface area contributed by atoms with E-state index in [4.69, 9.17) is 0 Å². The quantitative estimate of drug-likeness (QED) is 0.930. The lowest BCUT2D eigenvalue weighted by Crippen LogP contribution is -2.32. The molecule has 0 saturated carbocycles. The summed E-state index contributed by atoms with van der Waals surface area (Å²) in [5.41, 5.74) is 2.31. The fourth-order valence-corrected chi connectivity index (χ4v) is 3.02. The third kappa shape index (κ3) is 4.24. The summed E-state index contributed by atoms with van der Waals surface area (Å²) in [6.45, 7) is 3.46. The molecule has 1 aromatic carbocycles. The Hall–Kier alpha value is -2.69. The molecule has 0 bridgehead atoms. The molecule has 5 heteroatoms. The molecular formula is C20H23N3O2. The van der Waals surface area contributed by atoms with Crippen molar-refractivity contribution in [3.05, 3.63) is 59.4 Å². The zero-order valence-corrected chi connectivity index (χ0v) is 14.5. The van der Waals surface area contributed by atoms with Crippen molar-refractivity contribution in [2.24, 2.45) is 0 Å². The Morgan fingerprint density at radius 2 is 1.60 bits per heavy atom. The minimum Gasteiger partial charge on any atom is -0.337 e. The van der Waals surface area contributed by atoms with Crippen molar-refractivity contribution in [1.29, 1.82) is 0 Å². The summed E-state index contributed by atoms with van der Waals surface area (Å²) in [5, 5.41) is 2.86. The third-order valence-corrected chi connectivity index (χ3v) is 4.49. The van der Waals surface area contributed by atoms with Gasteiger partial charge in [-0.25, -0.2) is 4.98 Å². The zero-order chi connectivity index (χ0) is 17.6. The van der Waals surface area contributed by atoms with E-state index in [-0.39, 0.29) is 17.5 Å². The molecule has 0 atom stereocenters. The van der Waals surface area contributed by atoms with Gasteiger partial charge in [-0.2, -0.15) is 0 Å². The van der Waals surface area contributed by atoms with Crippen LogP contribution in [0.1, 0.15) is 52.2 Å². The van der Waals surface area contributed by atoms with Gasteiger partial charge < -0.3 is 10.2 Å². The second-order valence-corrected chi connectivity index (χ2v) is 6.38. The summed E-state index contributed by atoms with van der Waals surface area (Å²) in [4.78, 5) is 31.3. The summed E-state index contributed by atoms with van der Waals surface area (Å²) in [6, 6.07) is 12.6. The van der Waals surface area contributed by atoms with Gasteiger partial charge >= 0.3 is 0 Å². The highest BCUT2D eigenvalue weighted by atomic mass is 16.2. The molecule has 2 amide bonds. The summed E-state index contributed by atoms with van der Waals surface area (Å²) >= 11 is 0. The van der Waals surface area contributed by atoms with Crippen LogP contribution in [0.2, 0.25) is 0 Å². The molecule has 130 valence electrons. The van der Waals surface area contributed by atoms with Gasteiger partial charge in [-0.3, -0.25) is 9.59 Å². The Labute approximate surface area is 148 Å². The molecule has 0 aliphatic carbocycles. The van der Waals surface area contributed by atoms with Crippen LogP contribution in [0, 0.1) is 6.92 Å². The lowest BCUT2D eigenvalue weighted by atomic mass is 10.2. The van der Waals surface area contributed by atoms with E-state index in [2.05, 4.69) is 10.3 Å². The number of anilines is 1. The number of rotatable bonds is 3. The van der Waals surface area contributed by atoms with Gasteiger partial charge in [0, 0.05) is 18.8 Å². The smallest absolute Gasteiger partial charge is 0.274 e.